The molecule has 2 aromatic heterocycles. The summed E-state index contributed by atoms with van der Waals surface area (Å²) in [6.45, 7) is 0.849. The topological polar surface area (TPSA) is 76.2 Å². The Bertz CT molecular complexity index is 1230. The molecule has 5 rings (SSSR count). The molecule has 1 aliphatic carbocycles. The van der Waals surface area contributed by atoms with E-state index in [1.807, 2.05) is 42.5 Å². The second-order valence-electron chi connectivity index (χ2n) is 7.81. The van der Waals surface area contributed by atoms with Crippen LogP contribution in [0.25, 0.3) is 22.4 Å². The average Bonchev–Trinajstić information content (AvgIpc) is 3.40. The molecule has 0 spiro atoms. The lowest BCUT2D eigenvalue weighted by Crippen LogP contribution is -2.14. The van der Waals surface area contributed by atoms with Crippen molar-refractivity contribution in [2.75, 3.05) is 25.6 Å². The summed E-state index contributed by atoms with van der Waals surface area (Å²) in [7, 11) is 1.63. The number of rotatable bonds is 7. The van der Waals surface area contributed by atoms with Crippen LogP contribution in [-0.2, 0) is 17.6 Å². The maximum Gasteiger partial charge on any atom is 0.260 e. The van der Waals surface area contributed by atoms with E-state index in [2.05, 4.69) is 10.3 Å². The molecule has 0 radical (unpaired) electrons. The van der Waals surface area contributed by atoms with Crippen molar-refractivity contribution in [1.82, 2.24) is 9.97 Å². The molecule has 0 saturated heterocycles. The fourth-order valence-corrected chi connectivity index (χ4v) is 5.45. The molecule has 0 atom stereocenters. The zero-order valence-corrected chi connectivity index (χ0v) is 18.8. The van der Waals surface area contributed by atoms with Gasteiger partial charge in [0, 0.05) is 12.0 Å². The minimum atomic E-state index is -0.186. The van der Waals surface area contributed by atoms with Gasteiger partial charge in [0.2, 0.25) is 0 Å². The molecule has 2 N–H and O–H groups in total. The number of thiophene rings is 1. The fourth-order valence-electron chi connectivity index (χ4n) is 4.16. The van der Waals surface area contributed by atoms with Crippen LogP contribution in [-0.4, -0.2) is 36.2 Å². The standard InChI is InChI=1S/C25H25N3O3S/c1-30-14-15-31-20-12-6-2-8-16(20)24(29)28-25-22(17-9-3-7-13-21(17)32-25)23-26-18-10-4-5-11-19(18)27-23/h2,4-6,8,10-12H,3,7,9,13-15H2,1H3,(H,26,27)(H,28,29). The summed E-state index contributed by atoms with van der Waals surface area (Å²) in [4.78, 5) is 22.9. The molecule has 0 fully saturated rings. The molecule has 1 aliphatic rings. The van der Waals surface area contributed by atoms with Gasteiger partial charge in [0.25, 0.3) is 5.91 Å². The smallest absolute Gasteiger partial charge is 0.260 e. The predicted molar refractivity (Wildman–Crippen MR) is 128 cm³/mol. The quantitative estimate of drug-likeness (QED) is 0.370. The van der Waals surface area contributed by atoms with Crippen molar-refractivity contribution in [3.05, 3.63) is 64.5 Å². The van der Waals surface area contributed by atoms with Crippen LogP contribution >= 0.6 is 11.3 Å². The number of fused-ring (bicyclic) bond motifs is 2. The molecule has 164 valence electrons. The van der Waals surface area contributed by atoms with Crippen molar-refractivity contribution in [2.24, 2.45) is 0 Å². The highest BCUT2D eigenvalue weighted by Crippen LogP contribution is 2.44. The van der Waals surface area contributed by atoms with Gasteiger partial charge in [0.05, 0.1) is 28.8 Å². The Balaban J connectivity index is 1.51. The first-order chi connectivity index (χ1) is 15.7. The number of hydrogen-bond acceptors (Lipinski definition) is 5. The van der Waals surface area contributed by atoms with Gasteiger partial charge in [-0.1, -0.05) is 24.3 Å². The van der Waals surface area contributed by atoms with E-state index in [0.717, 1.165) is 46.7 Å². The molecule has 0 bridgehead atoms. The second kappa shape index (κ2) is 9.14. The van der Waals surface area contributed by atoms with Gasteiger partial charge < -0.3 is 19.8 Å². The summed E-state index contributed by atoms with van der Waals surface area (Å²) in [5.74, 6) is 1.17. The summed E-state index contributed by atoms with van der Waals surface area (Å²) in [6, 6.07) is 15.3. The Hall–Kier alpha value is -3.16. The number of para-hydroxylation sites is 3. The number of aromatic nitrogens is 2. The Morgan fingerprint density at radius 2 is 1.91 bits per heavy atom. The molecule has 1 amide bonds. The number of amides is 1. The molecular formula is C25H25N3O3S. The van der Waals surface area contributed by atoms with Crippen LogP contribution in [0, 0.1) is 0 Å². The van der Waals surface area contributed by atoms with Crippen LogP contribution in [0.2, 0.25) is 0 Å². The highest BCUT2D eigenvalue weighted by atomic mass is 32.1. The largest absolute Gasteiger partial charge is 0.490 e. The van der Waals surface area contributed by atoms with E-state index >= 15 is 0 Å². The normalized spacial score (nSPS) is 13.2. The lowest BCUT2D eigenvalue weighted by atomic mass is 9.95. The van der Waals surface area contributed by atoms with E-state index in [9.17, 15) is 4.79 Å². The zero-order valence-electron chi connectivity index (χ0n) is 17.9. The number of ether oxygens (including phenoxy) is 2. The summed E-state index contributed by atoms with van der Waals surface area (Å²) in [5.41, 5.74) is 4.75. The minimum Gasteiger partial charge on any atom is -0.490 e. The number of anilines is 1. The number of benzene rings is 2. The molecule has 2 heterocycles. The molecule has 0 saturated carbocycles. The van der Waals surface area contributed by atoms with Gasteiger partial charge in [-0.05, 0) is 55.5 Å². The van der Waals surface area contributed by atoms with Crippen molar-refractivity contribution < 1.29 is 14.3 Å². The summed E-state index contributed by atoms with van der Waals surface area (Å²) >= 11 is 1.66. The maximum absolute atomic E-state index is 13.3. The third kappa shape index (κ3) is 4.01. The van der Waals surface area contributed by atoms with Crippen LogP contribution in [0.1, 0.15) is 33.6 Å². The number of aromatic amines is 1. The Morgan fingerprint density at radius 3 is 2.78 bits per heavy atom. The highest BCUT2D eigenvalue weighted by molar-refractivity contribution is 7.17. The van der Waals surface area contributed by atoms with E-state index in [1.54, 1.807) is 24.5 Å². The van der Waals surface area contributed by atoms with Crippen molar-refractivity contribution in [1.29, 1.82) is 0 Å². The molecule has 6 nitrogen and oxygen atoms in total. The predicted octanol–water partition coefficient (Wildman–Crippen LogP) is 5.45. The highest BCUT2D eigenvalue weighted by Gasteiger charge is 2.25. The van der Waals surface area contributed by atoms with Crippen molar-refractivity contribution >= 4 is 33.3 Å². The van der Waals surface area contributed by atoms with Gasteiger partial charge in [-0.2, -0.15) is 0 Å². The first-order valence-corrected chi connectivity index (χ1v) is 11.7. The molecule has 0 unspecified atom stereocenters. The SMILES string of the molecule is COCCOc1ccccc1C(=O)Nc1sc2c(c1-c1nc3ccccc3[nH]1)CCCC2. The van der Waals surface area contributed by atoms with Gasteiger partial charge in [0.15, 0.2) is 0 Å². The van der Waals surface area contributed by atoms with Gasteiger partial charge in [-0.15, -0.1) is 11.3 Å². The van der Waals surface area contributed by atoms with Gasteiger partial charge in [0.1, 0.15) is 23.2 Å². The first-order valence-electron chi connectivity index (χ1n) is 10.9. The van der Waals surface area contributed by atoms with E-state index < -0.39 is 0 Å². The lowest BCUT2D eigenvalue weighted by Gasteiger charge is -2.13. The number of hydrogen-bond donors (Lipinski definition) is 2. The minimum absolute atomic E-state index is 0.186. The molecular weight excluding hydrogens is 422 g/mol. The van der Waals surface area contributed by atoms with Crippen molar-refractivity contribution in [3.8, 4) is 17.1 Å². The monoisotopic (exact) mass is 447 g/mol. The number of H-pyrrole nitrogens is 1. The zero-order chi connectivity index (χ0) is 21.9. The van der Waals surface area contributed by atoms with Crippen LogP contribution in [0.5, 0.6) is 5.75 Å². The number of nitrogens with one attached hydrogen (secondary N) is 2. The van der Waals surface area contributed by atoms with Gasteiger partial charge >= 0.3 is 0 Å². The number of carbonyl (C=O) groups excluding carboxylic acids is 1. The molecule has 32 heavy (non-hydrogen) atoms. The average molecular weight is 448 g/mol. The molecule has 0 aliphatic heterocycles. The van der Waals surface area contributed by atoms with Crippen LogP contribution in [0.4, 0.5) is 5.00 Å². The lowest BCUT2D eigenvalue weighted by molar-refractivity contribution is 0.101. The van der Waals surface area contributed by atoms with Crippen molar-refractivity contribution in [2.45, 2.75) is 25.7 Å². The number of nitrogens with zero attached hydrogens (tertiary/aromatic N) is 1. The Kier molecular flexibility index (Phi) is 5.92. The Labute approximate surface area is 190 Å². The van der Waals surface area contributed by atoms with E-state index in [1.165, 1.54) is 16.9 Å². The molecule has 4 aromatic rings. The van der Waals surface area contributed by atoms with Gasteiger partial charge in [-0.3, -0.25) is 4.79 Å². The summed E-state index contributed by atoms with van der Waals surface area (Å²) in [5, 5.41) is 4.01. The van der Waals surface area contributed by atoms with Gasteiger partial charge in [-0.25, -0.2) is 4.98 Å². The van der Waals surface area contributed by atoms with Crippen LogP contribution in [0.3, 0.4) is 0 Å². The van der Waals surface area contributed by atoms with Crippen molar-refractivity contribution in [3.63, 3.8) is 0 Å². The summed E-state index contributed by atoms with van der Waals surface area (Å²) < 4.78 is 10.8. The molecule has 7 heteroatoms. The van der Waals surface area contributed by atoms with Crippen LogP contribution < -0.4 is 10.1 Å². The number of carbonyl (C=O) groups is 1. The van der Waals surface area contributed by atoms with E-state index in [4.69, 9.17) is 14.5 Å². The number of methoxy groups -OCH3 is 1. The third-order valence-electron chi connectivity index (χ3n) is 5.70. The number of imidazole rings is 1. The Morgan fingerprint density at radius 1 is 1.09 bits per heavy atom. The maximum atomic E-state index is 13.3. The second-order valence-corrected chi connectivity index (χ2v) is 8.91. The van der Waals surface area contributed by atoms with E-state index in [0.29, 0.717) is 24.5 Å². The third-order valence-corrected chi connectivity index (χ3v) is 6.91. The van der Waals surface area contributed by atoms with E-state index in [-0.39, 0.29) is 5.91 Å². The van der Waals surface area contributed by atoms with Crippen LogP contribution in [0.15, 0.2) is 48.5 Å². The molecule has 2 aromatic carbocycles. The number of aryl methyl sites for hydroxylation is 1. The summed E-state index contributed by atoms with van der Waals surface area (Å²) in [6.07, 6.45) is 4.38. The first kappa shape index (κ1) is 20.7. The fraction of sp³-hybridized carbons (Fsp3) is 0.280.